The van der Waals surface area contributed by atoms with Crippen LogP contribution in [0.1, 0.15) is 138 Å². The quantitative estimate of drug-likeness (QED) is 0.128. The zero-order valence-corrected chi connectivity index (χ0v) is 30.0. The van der Waals surface area contributed by atoms with Gasteiger partial charge in [-0.3, -0.25) is 9.59 Å². The molecule has 0 radical (unpaired) electrons. The summed E-state index contributed by atoms with van der Waals surface area (Å²) in [5, 5.41) is 0. The second-order valence-electron chi connectivity index (χ2n) is 16.7. The lowest BCUT2D eigenvalue weighted by atomic mass is 9.64. The average molecular weight is 644 g/mol. The van der Waals surface area contributed by atoms with Crippen molar-refractivity contribution in [1.29, 1.82) is 0 Å². The maximum absolute atomic E-state index is 12.6. The minimum atomic E-state index is -0.465. The third kappa shape index (κ3) is 8.58. The molecule has 46 heavy (non-hydrogen) atoms. The SMILES string of the molecule is CCC(C)(OC=O)C1CCC2C(C)=C(C3CCC(OC(=O)C(C)(C)C)CC3)[C@H](C3CCC(OCCN4CCCCC4)CC3)OC2C1. The van der Waals surface area contributed by atoms with Crippen molar-refractivity contribution in [2.24, 2.45) is 29.1 Å². The van der Waals surface area contributed by atoms with Crippen LogP contribution in [0.15, 0.2) is 11.1 Å². The van der Waals surface area contributed by atoms with E-state index in [9.17, 15) is 9.59 Å². The molecule has 0 bridgehead atoms. The smallest absolute Gasteiger partial charge is 0.311 e. The van der Waals surface area contributed by atoms with Crippen LogP contribution in [0.5, 0.6) is 0 Å². The highest BCUT2D eigenvalue weighted by molar-refractivity contribution is 5.75. The van der Waals surface area contributed by atoms with Crippen LogP contribution in [-0.4, -0.2) is 73.6 Å². The Kier molecular flexibility index (Phi) is 12.4. The fraction of sp³-hybridized carbons (Fsp3) is 0.897. The highest BCUT2D eigenvalue weighted by Crippen LogP contribution is 2.51. The molecule has 2 heterocycles. The third-order valence-corrected chi connectivity index (χ3v) is 12.7. The number of fused-ring (bicyclic) bond motifs is 1. The molecule has 2 aliphatic heterocycles. The molecule has 1 saturated heterocycles. The van der Waals surface area contributed by atoms with Crippen molar-refractivity contribution in [2.45, 2.75) is 168 Å². The molecule has 0 spiro atoms. The van der Waals surface area contributed by atoms with E-state index >= 15 is 0 Å². The van der Waals surface area contributed by atoms with Crippen LogP contribution in [-0.2, 0) is 28.5 Å². The van der Waals surface area contributed by atoms with E-state index in [0.717, 1.165) is 90.2 Å². The predicted octanol–water partition coefficient (Wildman–Crippen LogP) is 8.04. The Labute approximate surface area is 279 Å². The molecule has 5 aliphatic rings. The van der Waals surface area contributed by atoms with E-state index in [-0.39, 0.29) is 24.3 Å². The fourth-order valence-electron chi connectivity index (χ4n) is 9.44. The molecule has 7 heteroatoms. The molecule has 0 aromatic heterocycles. The number of hydrogen-bond donors (Lipinski definition) is 0. The highest BCUT2D eigenvalue weighted by Gasteiger charge is 2.48. The molecular weight excluding hydrogens is 578 g/mol. The van der Waals surface area contributed by atoms with E-state index in [2.05, 4.69) is 25.7 Å². The van der Waals surface area contributed by atoms with Crippen LogP contribution >= 0.6 is 0 Å². The molecule has 0 N–H and O–H groups in total. The van der Waals surface area contributed by atoms with Gasteiger partial charge in [-0.1, -0.05) is 18.9 Å². The summed E-state index contributed by atoms with van der Waals surface area (Å²) in [6.45, 7) is 17.5. The van der Waals surface area contributed by atoms with Gasteiger partial charge in [-0.25, -0.2) is 0 Å². The molecule has 4 fully saturated rings. The van der Waals surface area contributed by atoms with Gasteiger partial charge >= 0.3 is 5.97 Å². The first-order valence-electron chi connectivity index (χ1n) is 19.0. The number of ether oxygens (including phenoxy) is 4. The minimum absolute atomic E-state index is 0.0251. The van der Waals surface area contributed by atoms with Crippen LogP contribution in [0.3, 0.4) is 0 Å². The Bertz CT molecular complexity index is 1030. The molecule has 0 aromatic rings. The Morgan fingerprint density at radius 1 is 0.913 bits per heavy atom. The second-order valence-corrected chi connectivity index (χ2v) is 16.7. The minimum Gasteiger partial charge on any atom is -0.462 e. The summed E-state index contributed by atoms with van der Waals surface area (Å²) >= 11 is 0. The van der Waals surface area contributed by atoms with Gasteiger partial charge in [-0.15, -0.1) is 0 Å². The number of piperidine rings is 1. The van der Waals surface area contributed by atoms with Gasteiger partial charge in [0, 0.05) is 18.4 Å². The highest BCUT2D eigenvalue weighted by atomic mass is 16.5. The lowest BCUT2D eigenvalue weighted by molar-refractivity contribution is -0.160. The summed E-state index contributed by atoms with van der Waals surface area (Å²) in [5.41, 5.74) is 2.25. The van der Waals surface area contributed by atoms with Gasteiger partial charge < -0.3 is 23.8 Å². The molecular formula is C39H65NO6. The topological polar surface area (TPSA) is 74.3 Å². The first-order valence-corrected chi connectivity index (χ1v) is 19.0. The predicted molar refractivity (Wildman–Crippen MR) is 181 cm³/mol. The van der Waals surface area contributed by atoms with Gasteiger partial charge in [-0.05, 0) is 155 Å². The van der Waals surface area contributed by atoms with Gasteiger partial charge in [0.05, 0.1) is 30.3 Å². The molecule has 3 aliphatic carbocycles. The summed E-state index contributed by atoms with van der Waals surface area (Å²) in [6, 6.07) is 0. The molecule has 0 aromatic carbocycles. The Balaban J connectivity index is 1.26. The standard InChI is InChI=1S/C39H65NO6/c1-7-39(6,44-26-41)30-15-20-33-27(2)35(28-11-18-32(19-12-28)45-37(42)38(3,4)5)36(46-34(33)25-30)29-13-16-31(17-14-29)43-24-23-40-21-9-8-10-22-40/h26,28-34,36H,7-25H2,1-6H3/t28?,29?,30?,31?,32?,33?,34?,36-,39?/m0/s1. The van der Waals surface area contributed by atoms with Crippen molar-refractivity contribution in [1.82, 2.24) is 4.90 Å². The first kappa shape index (κ1) is 35.9. The maximum Gasteiger partial charge on any atom is 0.311 e. The lowest BCUT2D eigenvalue weighted by Crippen LogP contribution is -2.50. The number of esters is 1. The summed E-state index contributed by atoms with van der Waals surface area (Å²) < 4.78 is 25.4. The number of nitrogens with zero attached hydrogens (tertiary/aromatic N) is 1. The summed E-state index contributed by atoms with van der Waals surface area (Å²) in [4.78, 5) is 26.6. The van der Waals surface area contributed by atoms with Crippen molar-refractivity contribution >= 4 is 12.4 Å². The molecule has 5 rings (SSSR count). The van der Waals surface area contributed by atoms with Gasteiger partial charge in [-0.2, -0.15) is 0 Å². The monoisotopic (exact) mass is 643 g/mol. The van der Waals surface area contributed by atoms with Crippen molar-refractivity contribution in [3.63, 3.8) is 0 Å². The Hall–Kier alpha value is -1.44. The van der Waals surface area contributed by atoms with Crippen LogP contribution < -0.4 is 0 Å². The maximum atomic E-state index is 12.6. The summed E-state index contributed by atoms with van der Waals surface area (Å²) in [5.74, 6) is 1.67. The van der Waals surface area contributed by atoms with E-state index < -0.39 is 11.0 Å². The van der Waals surface area contributed by atoms with Crippen LogP contribution in [0.2, 0.25) is 0 Å². The number of carbonyl (C=O) groups excluding carboxylic acids is 2. The molecule has 5 atom stereocenters. The van der Waals surface area contributed by atoms with Gasteiger partial charge in [0.2, 0.25) is 0 Å². The van der Waals surface area contributed by atoms with E-state index in [1.807, 2.05) is 20.8 Å². The van der Waals surface area contributed by atoms with Crippen LogP contribution in [0, 0.1) is 29.1 Å². The van der Waals surface area contributed by atoms with Gasteiger partial charge in [0.1, 0.15) is 11.7 Å². The van der Waals surface area contributed by atoms with Gasteiger partial charge in [0.15, 0.2) is 0 Å². The zero-order valence-electron chi connectivity index (χ0n) is 30.0. The molecule has 7 nitrogen and oxygen atoms in total. The van der Waals surface area contributed by atoms with Crippen LogP contribution in [0.4, 0.5) is 0 Å². The van der Waals surface area contributed by atoms with E-state index in [1.165, 1.54) is 32.4 Å². The van der Waals surface area contributed by atoms with Gasteiger partial charge in [0.25, 0.3) is 6.47 Å². The van der Waals surface area contributed by atoms with Crippen molar-refractivity contribution in [2.75, 3.05) is 26.2 Å². The molecule has 262 valence electrons. The number of carbonyl (C=O) groups is 2. The summed E-state index contributed by atoms with van der Waals surface area (Å²) in [6.07, 6.45) is 17.2. The van der Waals surface area contributed by atoms with Crippen molar-refractivity contribution in [3.8, 4) is 0 Å². The van der Waals surface area contributed by atoms with Crippen molar-refractivity contribution < 1.29 is 28.5 Å². The average Bonchev–Trinajstić information content (AvgIpc) is 3.05. The van der Waals surface area contributed by atoms with E-state index in [4.69, 9.17) is 18.9 Å². The zero-order chi connectivity index (χ0) is 32.9. The van der Waals surface area contributed by atoms with Crippen molar-refractivity contribution in [3.05, 3.63) is 11.1 Å². The summed E-state index contributed by atoms with van der Waals surface area (Å²) in [7, 11) is 0. The molecule has 0 amide bonds. The van der Waals surface area contributed by atoms with Crippen LogP contribution in [0.25, 0.3) is 0 Å². The third-order valence-electron chi connectivity index (χ3n) is 12.7. The fourth-order valence-corrected chi connectivity index (χ4v) is 9.44. The van der Waals surface area contributed by atoms with E-state index in [1.54, 1.807) is 11.1 Å². The first-order chi connectivity index (χ1) is 22.0. The molecule has 3 saturated carbocycles. The second kappa shape index (κ2) is 15.8. The number of hydrogen-bond acceptors (Lipinski definition) is 7. The normalized spacial score (nSPS) is 36.0. The van der Waals surface area contributed by atoms with E-state index in [0.29, 0.717) is 36.2 Å². The Morgan fingerprint density at radius 3 is 2.22 bits per heavy atom. The Morgan fingerprint density at radius 2 is 1.59 bits per heavy atom. The number of likely N-dealkylation sites (tertiary alicyclic amines) is 1. The molecule has 4 unspecified atom stereocenters. The largest absolute Gasteiger partial charge is 0.462 e. The number of rotatable bonds is 11. The lowest BCUT2D eigenvalue weighted by Gasteiger charge is -2.51.